The highest BCUT2D eigenvalue weighted by Gasteiger charge is 2.33. The second-order valence-electron chi connectivity index (χ2n) is 9.40. The summed E-state index contributed by atoms with van der Waals surface area (Å²) < 4.78 is 10.5. The van der Waals surface area contributed by atoms with Crippen LogP contribution < -0.4 is 9.80 Å². The summed E-state index contributed by atoms with van der Waals surface area (Å²) in [4.78, 5) is 40.4. The number of hydrogen-bond acceptors (Lipinski definition) is 9. The van der Waals surface area contributed by atoms with Crippen LogP contribution in [0.15, 0.2) is 84.1 Å². The van der Waals surface area contributed by atoms with Crippen molar-refractivity contribution in [3.05, 3.63) is 95.2 Å². The summed E-state index contributed by atoms with van der Waals surface area (Å²) in [6.45, 7) is 3.87. The van der Waals surface area contributed by atoms with Gasteiger partial charge >= 0.3 is 12.2 Å². The Bertz CT molecular complexity index is 1220. The number of hydrogen-bond donors (Lipinski definition) is 0. The van der Waals surface area contributed by atoms with Crippen LogP contribution in [0.25, 0.3) is 0 Å². The summed E-state index contributed by atoms with van der Waals surface area (Å²) in [6.07, 6.45) is 3.74. The molecule has 2 amide bonds. The highest BCUT2D eigenvalue weighted by atomic mass is 32.1. The van der Waals surface area contributed by atoms with Crippen LogP contribution >= 0.6 is 22.7 Å². The van der Waals surface area contributed by atoms with E-state index in [1.54, 1.807) is 33.2 Å². The van der Waals surface area contributed by atoms with Crippen molar-refractivity contribution < 1.29 is 19.1 Å². The Morgan fingerprint density at radius 2 is 1.15 bits per heavy atom. The number of rotatable bonds is 13. The predicted octanol–water partition coefficient (Wildman–Crippen LogP) is 5.99. The summed E-state index contributed by atoms with van der Waals surface area (Å²) in [5, 5.41) is 1.44. The molecule has 2 heterocycles. The average molecular weight is 594 g/mol. The number of amides is 2. The maximum atomic E-state index is 13.2. The number of nitrogens with zero attached hydrogens (tertiary/aromatic N) is 5. The van der Waals surface area contributed by atoms with Gasteiger partial charge in [0.2, 0.25) is 0 Å². The number of likely N-dealkylation sites (N-methyl/N-ethyl adjacent to an activating group) is 1. The third-order valence-corrected chi connectivity index (χ3v) is 8.34. The van der Waals surface area contributed by atoms with Gasteiger partial charge in [-0.25, -0.2) is 9.59 Å². The number of carbonyl (C=O) groups is 2. The normalized spacial score (nSPS) is 12.5. The molecule has 0 spiro atoms. The van der Waals surface area contributed by atoms with Gasteiger partial charge in [-0.2, -0.15) is 0 Å². The van der Waals surface area contributed by atoms with Gasteiger partial charge in [0.15, 0.2) is 0 Å². The summed E-state index contributed by atoms with van der Waals surface area (Å²) >= 11 is 2.79. The minimum Gasteiger partial charge on any atom is -0.452 e. The van der Waals surface area contributed by atoms with Gasteiger partial charge in [0.05, 0.1) is 49.7 Å². The van der Waals surface area contributed by atoms with Gasteiger partial charge in [-0.1, -0.05) is 67.6 Å². The second-order valence-corrected chi connectivity index (χ2v) is 11.1. The van der Waals surface area contributed by atoms with Crippen LogP contribution in [0.5, 0.6) is 0 Å². The molecular weight excluding hydrogens is 558 g/mol. The number of aromatic nitrogens is 2. The Morgan fingerprint density at radius 1 is 0.732 bits per heavy atom. The van der Waals surface area contributed by atoms with Crippen molar-refractivity contribution in [2.75, 3.05) is 43.7 Å². The van der Waals surface area contributed by atoms with E-state index in [2.05, 4.69) is 46.1 Å². The molecule has 0 bridgehead atoms. The van der Waals surface area contributed by atoms with Crippen LogP contribution in [0.4, 0.5) is 19.6 Å². The van der Waals surface area contributed by atoms with Crippen LogP contribution in [0.1, 0.15) is 18.1 Å². The lowest BCUT2D eigenvalue weighted by molar-refractivity contribution is 0.167. The number of carbonyl (C=O) groups excluding carboxylic acids is 2. The number of thiazole rings is 2. The molecule has 0 saturated heterocycles. The van der Waals surface area contributed by atoms with Crippen molar-refractivity contribution >= 4 is 44.9 Å². The van der Waals surface area contributed by atoms with Gasteiger partial charge in [0.25, 0.3) is 0 Å². The van der Waals surface area contributed by atoms with Crippen molar-refractivity contribution in [1.82, 2.24) is 14.9 Å². The van der Waals surface area contributed by atoms with Crippen molar-refractivity contribution in [2.45, 2.75) is 31.8 Å². The first-order valence-corrected chi connectivity index (χ1v) is 15.1. The monoisotopic (exact) mass is 593 g/mol. The van der Waals surface area contributed by atoms with E-state index < -0.39 is 12.2 Å². The fourth-order valence-corrected chi connectivity index (χ4v) is 6.24. The van der Waals surface area contributed by atoms with E-state index in [-0.39, 0.29) is 12.1 Å². The van der Waals surface area contributed by atoms with E-state index >= 15 is 0 Å². The summed E-state index contributed by atoms with van der Waals surface area (Å²) in [6, 6.07) is 19.7. The van der Waals surface area contributed by atoms with Crippen molar-refractivity contribution in [1.29, 1.82) is 0 Å². The number of anilines is 2. The molecule has 0 N–H and O–H groups in total. The third kappa shape index (κ3) is 8.12. The zero-order chi connectivity index (χ0) is 29.0. The zero-order valence-electron chi connectivity index (χ0n) is 23.5. The Labute approximate surface area is 249 Å². The zero-order valence-corrected chi connectivity index (χ0v) is 25.1. The maximum Gasteiger partial charge on any atom is 0.415 e. The Morgan fingerprint density at radius 3 is 1.46 bits per heavy atom. The lowest BCUT2D eigenvalue weighted by atomic mass is 10.0. The molecule has 0 fully saturated rings. The van der Waals surface area contributed by atoms with Crippen molar-refractivity contribution in [3.63, 3.8) is 0 Å². The van der Waals surface area contributed by atoms with Gasteiger partial charge in [0.1, 0.15) is 10.0 Å². The molecule has 0 aliphatic rings. The summed E-state index contributed by atoms with van der Waals surface area (Å²) in [5.74, 6) is 0. The predicted molar refractivity (Wildman–Crippen MR) is 164 cm³/mol. The summed E-state index contributed by atoms with van der Waals surface area (Å²) in [7, 11) is 2.79. The Hall–Kier alpha value is -3.80. The first-order valence-electron chi connectivity index (χ1n) is 13.4. The van der Waals surface area contributed by atoms with Gasteiger partial charge in [-0.05, 0) is 30.5 Å². The van der Waals surface area contributed by atoms with Gasteiger partial charge < -0.3 is 9.47 Å². The van der Waals surface area contributed by atoms with E-state index in [0.717, 1.165) is 21.1 Å². The minimum absolute atomic E-state index is 0.252. The first-order chi connectivity index (χ1) is 20.0. The molecule has 0 unspecified atom stereocenters. The molecule has 0 aliphatic carbocycles. The molecule has 0 aliphatic heterocycles. The molecule has 41 heavy (non-hydrogen) atoms. The number of benzene rings is 2. The molecule has 2 atom stereocenters. The van der Waals surface area contributed by atoms with Gasteiger partial charge in [-0.3, -0.25) is 24.7 Å². The summed E-state index contributed by atoms with van der Waals surface area (Å²) in [5.41, 5.74) is 5.63. The smallest absolute Gasteiger partial charge is 0.415 e. The fourth-order valence-electron chi connectivity index (χ4n) is 4.87. The Kier molecular flexibility index (Phi) is 11.2. The first kappa shape index (κ1) is 30.2. The molecule has 4 rings (SSSR count). The van der Waals surface area contributed by atoms with E-state index in [9.17, 15) is 9.59 Å². The van der Waals surface area contributed by atoms with Crippen LogP contribution in [0, 0.1) is 0 Å². The number of ether oxygens (including phenoxy) is 2. The molecule has 9 nitrogen and oxygen atoms in total. The standard InChI is InChI=1S/C30H35N5O4S2/c1-4-33(19-25(15-23-11-7-5-8-12-23)34(29(36)38-2)27-17-31-21-40-27)20-26(16-24-13-9-6-10-14-24)35(30(37)39-3)28-18-32-22-41-28/h5-14,17-18,21-22,25-26H,4,15-16,19-20H2,1-3H3/t25-,26+. The average Bonchev–Trinajstić information content (AvgIpc) is 3.73. The highest BCUT2D eigenvalue weighted by molar-refractivity contribution is 7.14. The molecule has 2 aromatic heterocycles. The molecular formula is C30H35N5O4S2. The lowest BCUT2D eigenvalue weighted by Gasteiger charge is -2.37. The van der Waals surface area contributed by atoms with E-state index in [4.69, 9.17) is 9.47 Å². The molecule has 216 valence electrons. The largest absolute Gasteiger partial charge is 0.452 e. The van der Waals surface area contributed by atoms with E-state index in [1.807, 2.05) is 36.4 Å². The SMILES string of the molecule is CCN(C[C@@H](Cc1ccccc1)N(C(=O)OC)c1cncs1)C[C@H](Cc1ccccc1)N(C(=O)OC)c1cncs1. The fraction of sp³-hybridized carbons (Fsp3) is 0.333. The van der Waals surface area contributed by atoms with Crippen LogP contribution in [-0.2, 0) is 22.3 Å². The van der Waals surface area contributed by atoms with Crippen LogP contribution in [0.2, 0.25) is 0 Å². The van der Waals surface area contributed by atoms with Gasteiger partial charge in [-0.15, -0.1) is 22.7 Å². The quantitative estimate of drug-likeness (QED) is 0.188. The number of methoxy groups -OCH3 is 2. The molecule has 11 heteroatoms. The van der Waals surface area contributed by atoms with Crippen molar-refractivity contribution in [2.24, 2.45) is 0 Å². The third-order valence-electron chi connectivity index (χ3n) is 6.80. The maximum absolute atomic E-state index is 13.2. The topological polar surface area (TPSA) is 88.1 Å². The lowest BCUT2D eigenvalue weighted by Crippen LogP contribution is -2.53. The molecule has 0 radical (unpaired) electrons. The van der Waals surface area contributed by atoms with E-state index in [1.165, 1.54) is 36.9 Å². The molecule has 0 saturated carbocycles. The van der Waals surface area contributed by atoms with Crippen LogP contribution in [0.3, 0.4) is 0 Å². The Balaban J connectivity index is 1.67. The van der Waals surface area contributed by atoms with E-state index in [0.29, 0.717) is 32.5 Å². The van der Waals surface area contributed by atoms with Crippen LogP contribution in [-0.4, -0.2) is 73.0 Å². The molecule has 2 aromatic carbocycles. The van der Waals surface area contributed by atoms with Crippen molar-refractivity contribution in [3.8, 4) is 0 Å². The molecule has 4 aromatic rings. The minimum atomic E-state index is -0.437. The highest BCUT2D eigenvalue weighted by Crippen LogP contribution is 2.28. The van der Waals surface area contributed by atoms with Gasteiger partial charge in [0, 0.05) is 13.1 Å². The second kappa shape index (κ2) is 15.3.